The van der Waals surface area contributed by atoms with Gasteiger partial charge >= 0.3 is 0 Å². The molecule has 0 aliphatic carbocycles. The minimum atomic E-state index is 0.127. The summed E-state index contributed by atoms with van der Waals surface area (Å²) in [5.41, 5.74) is 4.40. The van der Waals surface area contributed by atoms with Crippen LogP contribution < -0.4 is 9.64 Å². The van der Waals surface area contributed by atoms with E-state index in [2.05, 4.69) is 24.8 Å². The summed E-state index contributed by atoms with van der Waals surface area (Å²) in [6.45, 7) is 6.93. The van der Waals surface area contributed by atoms with Crippen molar-refractivity contribution in [3.63, 3.8) is 0 Å². The van der Waals surface area contributed by atoms with Gasteiger partial charge in [-0.2, -0.15) is 0 Å². The molecule has 0 N–H and O–H groups in total. The fourth-order valence-corrected chi connectivity index (χ4v) is 3.74. The molecule has 1 fully saturated rings. The summed E-state index contributed by atoms with van der Waals surface area (Å²) < 4.78 is 5.40. The highest BCUT2D eigenvalue weighted by Crippen LogP contribution is 2.22. The van der Waals surface area contributed by atoms with E-state index in [0.29, 0.717) is 31.8 Å². The second-order valence-electron chi connectivity index (χ2n) is 7.44. The molecular weight excluding hydrogens is 380 g/mol. The Morgan fingerprint density at radius 3 is 2.43 bits per heavy atom. The monoisotopic (exact) mass is 406 g/mol. The van der Waals surface area contributed by atoms with Crippen molar-refractivity contribution in [1.82, 2.24) is 24.8 Å². The topological polar surface area (TPSA) is 84.3 Å². The molecule has 1 saturated heterocycles. The number of anilines is 1. The molecule has 3 heterocycles. The first-order valence-electron chi connectivity index (χ1n) is 10.2. The standard InChI is InChI=1S/C22H26N6O2/c1-15-16(2)23-14-24-21(15)28-12-10-27(11-13-28)20(29)9-8-19-22(30-3)26-18-7-5-4-6-17(18)25-19/h4-7,14H,8-13H2,1-3H3. The van der Waals surface area contributed by atoms with Crippen molar-refractivity contribution in [1.29, 1.82) is 0 Å². The summed E-state index contributed by atoms with van der Waals surface area (Å²) in [5, 5.41) is 0. The zero-order valence-electron chi connectivity index (χ0n) is 17.6. The summed E-state index contributed by atoms with van der Waals surface area (Å²) in [6.07, 6.45) is 2.49. The van der Waals surface area contributed by atoms with Gasteiger partial charge < -0.3 is 14.5 Å². The molecule has 2 aromatic heterocycles. The number of hydrogen-bond acceptors (Lipinski definition) is 7. The third kappa shape index (κ3) is 4.03. The van der Waals surface area contributed by atoms with Gasteiger partial charge in [0.15, 0.2) is 0 Å². The number of benzene rings is 1. The third-order valence-electron chi connectivity index (χ3n) is 5.62. The lowest BCUT2D eigenvalue weighted by Crippen LogP contribution is -2.49. The van der Waals surface area contributed by atoms with Crippen molar-refractivity contribution < 1.29 is 9.53 Å². The number of rotatable bonds is 5. The zero-order valence-corrected chi connectivity index (χ0v) is 17.6. The Labute approximate surface area is 175 Å². The Hall–Kier alpha value is -3.29. The Balaban J connectivity index is 1.38. The van der Waals surface area contributed by atoms with Crippen molar-refractivity contribution in [2.75, 3.05) is 38.2 Å². The number of carbonyl (C=O) groups is 1. The van der Waals surface area contributed by atoms with Crippen LogP contribution in [0.4, 0.5) is 5.82 Å². The third-order valence-corrected chi connectivity index (χ3v) is 5.62. The molecule has 3 aromatic rings. The van der Waals surface area contributed by atoms with Crippen LogP contribution in [0.5, 0.6) is 5.88 Å². The Morgan fingerprint density at radius 2 is 1.73 bits per heavy atom. The number of aryl methyl sites for hydroxylation is 2. The number of nitrogens with zero attached hydrogens (tertiary/aromatic N) is 6. The van der Waals surface area contributed by atoms with E-state index in [9.17, 15) is 4.79 Å². The second kappa shape index (κ2) is 8.61. The van der Waals surface area contributed by atoms with E-state index < -0.39 is 0 Å². The average molecular weight is 406 g/mol. The first-order chi connectivity index (χ1) is 14.6. The number of amides is 1. The highest BCUT2D eigenvalue weighted by molar-refractivity contribution is 5.77. The molecule has 0 unspecified atom stereocenters. The molecule has 1 aromatic carbocycles. The largest absolute Gasteiger partial charge is 0.480 e. The van der Waals surface area contributed by atoms with Crippen LogP contribution >= 0.6 is 0 Å². The molecule has 156 valence electrons. The van der Waals surface area contributed by atoms with Crippen molar-refractivity contribution >= 4 is 22.8 Å². The van der Waals surface area contributed by atoms with Gasteiger partial charge in [-0.25, -0.2) is 19.9 Å². The van der Waals surface area contributed by atoms with Gasteiger partial charge in [0.1, 0.15) is 17.8 Å². The fraction of sp³-hybridized carbons (Fsp3) is 0.409. The second-order valence-corrected chi connectivity index (χ2v) is 7.44. The molecule has 0 atom stereocenters. The minimum absolute atomic E-state index is 0.127. The highest BCUT2D eigenvalue weighted by Gasteiger charge is 2.23. The lowest BCUT2D eigenvalue weighted by molar-refractivity contribution is -0.131. The van der Waals surface area contributed by atoms with Gasteiger partial charge in [0.05, 0.1) is 18.1 Å². The van der Waals surface area contributed by atoms with E-state index in [1.165, 1.54) is 0 Å². The maximum absolute atomic E-state index is 12.8. The van der Waals surface area contributed by atoms with Gasteiger partial charge in [0, 0.05) is 50.3 Å². The Morgan fingerprint density at radius 1 is 1.03 bits per heavy atom. The number of hydrogen-bond donors (Lipinski definition) is 0. The summed E-state index contributed by atoms with van der Waals surface area (Å²) in [6, 6.07) is 7.67. The van der Waals surface area contributed by atoms with Crippen LogP contribution in [0, 0.1) is 13.8 Å². The number of aromatic nitrogens is 4. The molecule has 8 heteroatoms. The van der Waals surface area contributed by atoms with E-state index in [-0.39, 0.29) is 5.91 Å². The van der Waals surface area contributed by atoms with Gasteiger partial charge in [-0.1, -0.05) is 12.1 Å². The van der Waals surface area contributed by atoms with Crippen molar-refractivity contribution in [2.24, 2.45) is 0 Å². The van der Waals surface area contributed by atoms with Crippen LogP contribution in [-0.2, 0) is 11.2 Å². The number of piperazine rings is 1. The molecule has 1 aliphatic rings. The number of fused-ring (bicyclic) bond motifs is 1. The molecule has 0 spiro atoms. The Kier molecular flexibility index (Phi) is 5.74. The maximum Gasteiger partial charge on any atom is 0.235 e. The molecule has 30 heavy (non-hydrogen) atoms. The first kappa shape index (κ1) is 20.0. The SMILES string of the molecule is COc1nc2ccccc2nc1CCC(=O)N1CCN(c2ncnc(C)c2C)CC1. The summed E-state index contributed by atoms with van der Waals surface area (Å²) in [5.74, 6) is 1.58. The van der Waals surface area contributed by atoms with Crippen LogP contribution in [0.2, 0.25) is 0 Å². The maximum atomic E-state index is 12.8. The lowest BCUT2D eigenvalue weighted by Gasteiger charge is -2.36. The quantitative estimate of drug-likeness (QED) is 0.643. The van der Waals surface area contributed by atoms with Gasteiger partial charge in [-0.15, -0.1) is 0 Å². The van der Waals surface area contributed by atoms with Gasteiger partial charge in [-0.3, -0.25) is 4.79 Å². The van der Waals surface area contributed by atoms with Crippen molar-refractivity contribution in [3.05, 3.63) is 47.5 Å². The van der Waals surface area contributed by atoms with E-state index in [1.807, 2.05) is 43.0 Å². The van der Waals surface area contributed by atoms with Crippen molar-refractivity contribution in [3.8, 4) is 5.88 Å². The number of para-hydroxylation sites is 2. The average Bonchev–Trinajstić information content (AvgIpc) is 2.78. The van der Waals surface area contributed by atoms with Crippen LogP contribution in [0.15, 0.2) is 30.6 Å². The normalized spacial score (nSPS) is 14.2. The van der Waals surface area contributed by atoms with Crippen molar-refractivity contribution in [2.45, 2.75) is 26.7 Å². The lowest BCUT2D eigenvalue weighted by atomic mass is 10.1. The fourth-order valence-electron chi connectivity index (χ4n) is 3.74. The summed E-state index contributed by atoms with van der Waals surface area (Å²) in [7, 11) is 1.58. The van der Waals surface area contributed by atoms with E-state index in [1.54, 1.807) is 13.4 Å². The molecule has 1 aliphatic heterocycles. The highest BCUT2D eigenvalue weighted by atomic mass is 16.5. The number of carbonyl (C=O) groups excluding carboxylic acids is 1. The van der Waals surface area contributed by atoms with Crippen LogP contribution in [-0.4, -0.2) is 64.0 Å². The smallest absolute Gasteiger partial charge is 0.235 e. The molecule has 4 rings (SSSR count). The van der Waals surface area contributed by atoms with E-state index in [4.69, 9.17) is 4.74 Å². The van der Waals surface area contributed by atoms with Gasteiger partial charge in [0.25, 0.3) is 0 Å². The molecular formula is C22H26N6O2. The summed E-state index contributed by atoms with van der Waals surface area (Å²) >= 11 is 0. The first-order valence-corrected chi connectivity index (χ1v) is 10.2. The van der Waals surface area contributed by atoms with E-state index >= 15 is 0 Å². The summed E-state index contributed by atoms with van der Waals surface area (Å²) in [4.78, 5) is 34.8. The molecule has 0 bridgehead atoms. The molecule has 0 radical (unpaired) electrons. The predicted octanol–water partition coefficient (Wildman–Crippen LogP) is 2.33. The predicted molar refractivity (Wildman–Crippen MR) is 115 cm³/mol. The molecule has 8 nitrogen and oxygen atoms in total. The minimum Gasteiger partial charge on any atom is -0.480 e. The molecule has 0 saturated carbocycles. The Bertz CT molecular complexity index is 1060. The van der Waals surface area contributed by atoms with Gasteiger partial charge in [-0.05, 0) is 26.0 Å². The van der Waals surface area contributed by atoms with Crippen LogP contribution in [0.3, 0.4) is 0 Å². The van der Waals surface area contributed by atoms with Crippen LogP contribution in [0.25, 0.3) is 11.0 Å². The van der Waals surface area contributed by atoms with Gasteiger partial charge in [0.2, 0.25) is 11.8 Å². The number of methoxy groups -OCH3 is 1. The molecule has 1 amide bonds. The van der Waals surface area contributed by atoms with Crippen LogP contribution in [0.1, 0.15) is 23.4 Å². The van der Waals surface area contributed by atoms with E-state index in [0.717, 1.165) is 46.9 Å². The zero-order chi connectivity index (χ0) is 21.1. The number of ether oxygens (including phenoxy) is 1.